The summed E-state index contributed by atoms with van der Waals surface area (Å²) in [6.45, 7) is 2.14. The number of nitrogens with zero attached hydrogens (tertiary/aromatic N) is 1. The third kappa shape index (κ3) is 1.85. The minimum atomic E-state index is -1.24. The Balaban J connectivity index is 2.21. The Bertz CT molecular complexity index is 613. The molecule has 0 radical (unpaired) electrons. The van der Waals surface area contributed by atoms with Gasteiger partial charge >= 0.3 is 0 Å². The second-order valence-corrected chi connectivity index (χ2v) is 5.24. The molecule has 2 unspecified atom stereocenters. The van der Waals surface area contributed by atoms with Crippen LogP contribution in [0.15, 0.2) is 42.7 Å². The first-order valence-corrected chi connectivity index (χ1v) is 6.54. The Labute approximate surface area is 111 Å². The smallest absolute Gasteiger partial charge is 0.147 e. The molecule has 2 aromatic rings. The van der Waals surface area contributed by atoms with Crippen LogP contribution in [-0.4, -0.2) is 10.1 Å². The first-order valence-electron chi connectivity index (χ1n) is 6.54. The molecule has 1 N–H and O–H groups in total. The van der Waals surface area contributed by atoms with Gasteiger partial charge in [-0.3, -0.25) is 4.98 Å². The number of halogens is 1. The van der Waals surface area contributed by atoms with E-state index in [0.717, 1.165) is 23.7 Å². The lowest BCUT2D eigenvalue weighted by molar-refractivity contribution is 0.0541. The largest absolute Gasteiger partial charge is 0.380 e. The van der Waals surface area contributed by atoms with Crippen LogP contribution in [0.1, 0.15) is 42.4 Å². The zero-order chi connectivity index (χ0) is 13.5. The molecule has 19 heavy (non-hydrogen) atoms. The number of hydrogen-bond donors (Lipinski definition) is 1. The predicted molar refractivity (Wildman–Crippen MR) is 71.3 cm³/mol. The van der Waals surface area contributed by atoms with Gasteiger partial charge in [-0.25, -0.2) is 4.39 Å². The van der Waals surface area contributed by atoms with Crippen LogP contribution >= 0.6 is 0 Å². The van der Waals surface area contributed by atoms with Gasteiger partial charge in [0.1, 0.15) is 11.4 Å². The third-order valence-electron chi connectivity index (χ3n) is 4.09. The van der Waals surface area contributed by atoms with E-state index in [2.05, 4.69) is 11.9 Å². The lowest BCUT2D eigenvalue weighted by atomic mass is 9.71. The quantitative estimate of drug-likeness (QED) is 0.849. The van der Waals surface area contributed by atoms with Gasteiger partial charge < -0.3 is 5.11 Å². The van der Waals surface area contributed by atoms with Crippen LogP contribution in [0.3, 0.4) is 0 Å². The van der Waals surface area contributed by atoms with Gasteiger partial charge in [0.15, 0.2) is 0 Å². The monoisotopic (exact) mass is 257 g/mol. The van der Waals surface area contributed by atoms with Crippen molar-refractivity contribution in [1.29, 1.82) is 0 Å². The summed E-state index contributed by atoms with van der Waals surface area (Å²) in [5, 5.41) is 11.0. The fraction of sp³-hybridized carbons (Fsp3) is 0.312. The van der Waals surface area contributed by atoms with E-state index >= 15 is 0 Å². The molecule has 2 nitrogen and oxygen atoms in total. The summed E-state index contributed by atoms with van der Waals surface area (Å²) in [5.74, 6) is -0.0595. The first-order chi connectivity index (χ1) is 9.13. The van der Waals surface area contributed by atoms with Crippen molar-refractivity contribution in [2.45, 2.75) is 31.3 Å². The first kappa shape index (κ1) is 12.3. The summed E-state index contributed by atoms with van der Waals surface area (Å²) in [4.78, 5) is 3.76. The van der Waals surface area contributed by atoms with Crippen LogP contribution in [0.2, 0.25) is 0 Å². The zero-order valence-electron chi connectivity index (χ0n) is 10.8. The number of hydrogen-bond acceptors (Lipinski definition) is 2. The van der Waals surface area contributed by atoms with Crippen molar-refractivity contribution in [1.82, 2.24) is 4.98 Å². The van der Waals surface area contributed by atoms with Crippen LogP contribution in [-0.2, 0) is 5.60 Å². The summed E-state index contributed by atoms with van der Waals surface area (Å²) in [6, 6.07) is 9.33. The normalized spacial score (nSPS) is 25.9. The fourth-order valence-corrected chi connectivity index (χ4v) is 3.01. The van der Waals surface area contributed by atoms with E-state index in [4.69, 9.17) is 0 Å². The minimum absolute atomic E-state index is 0.321. The highest BCUT2D eigenvalue weighted by Gasteiger charge is 2.39. The lowest BCUT2D eigenvalue weighted by Crippen LogP contribution is -2.33. The maximum atomic E-state index is 14.0. The summed E-state index contributed by atoms with van der Waals surface area (Å²) in [7, 11) is 0. The van der Waals surface area contributed by atoms with Gasteiger partial charge in [0.25, 0.3) is 0 Å². The Kier molecular flexibility index (Phi) is 2.86. The molecule has 1 aromatic carbocycles. The van der Waals surface area contributed by atoms with Gasteiger partial charge in [-0.1, -0.05) is 31.2 Å². The number of aliphatic hydroxyl groups is 1. The molecule has 0 spiro atoms. The molecule has 0 aliphatic heterocycles. The van der Waals surface area contributed by atoms with Gasteiger partial charge in [0, 0.05) is 11.8 Å². The predicted octanol–water partition coefficient (Wildman–Crippen LogP) is 3.35. The molecule has 0 fully saturated rings. The topological polar surface area (TPSA) is 33.1 Å². The van der Waals surface area contributed by atoms with E-state index in [1.54, 1.807) is 6.07 Å². The number of aromatic nitrogens is 1. The van der Waals surface area contributed by atoms with Crippen LogP contribution in [0.5, 0.6) is 0 Å². The van der Waals surface area contributed by atoms with E-state index < -0.39 is 11.4 Å². The van der Waals surface area contributed by atoms with Gasteiger partial charge in [0.05, 0.1) is 6.20 Å². The molecule has 3 rings (SSSR count). The summed E-state index contributed by atoms with van der Waals surface area (Å²) >= 11 is 0. The highest BCUT2D eigenvalue weighted by atomic mass is 19.1. The number of pyridine rings is 1. The van der Waals surface area contributed by atoms with E-state index in [0.29, 0.717) is 17.9 Å². The van der Waals surface area contributed by atoms with Crippen LogP contribution < -0.4 is 0 Å². The van der Waals surface area contributed by atoms with Crippen molar-refractivity contribution in [2.24, 2.45) is 0 Å². The number of benzene rings is 1. The molecule has 0 saturated carbocycles. The zero-order valence-corrected chi connectivity index (χ0v) is 10.8. The molecule has 1 aliphatic rings. The van der Waals surface area contributed by atoms with Crippen molar-refractivity contribution in [3.63, 3.8) is 0 Å². The van der Waals surface area contributed by atoms with E-state index in [9.17, 15) is 9.50 Å². The SMILES string of the molecule is CC1CCC(O)(c2ccncc2F)c2ccccc21. The van der Waals surface area contributed by atoms with E-state index in [1.165, 1.54) is 6.20 Å². The van der Waals surface area contributed by atoms with Crippen LogP contribution in [0, 0.1) is 5.82 Å². The van der Waals surface area contributed by atoms with Gasteiger partial charge in [0.2, 0.25) is 0 Å². The minimum Gasteiger partial charge on any atom is -0.380 e. The van der Waals surface area contributed by atoms with Crippen molar-refractivity contribution in [2.75, 3.05) is 0 Å². The van der Waals surface area contributed by atoms with Gasteiger partial charge in [-0.05, 0) is 36.0 Å². The Morgan fingerprint density at radius 2 is 2.05 bits per heavy atom. The van der Waals surface area contributed by atoms with Crippen LogP contribution in [0.25, 0.3) is 0 Å². The molecule has 1 aliphatic carbocycles. The molecule has 1 heterocycles. The molecule has 0 amide bonds. The van der Waals surface area contributed by atoms with Crippen LogP contribution in [0.4, 0.5) is 4.39 Å². The summed E-state index contributed by atoms with van der Waals surface area (Å²) < 4.78 is 14.0. The van der Waals surface area contributed by atoms with E-state index in [-0.39, 0.29) is 0 Å². The Morgan fingerprint density at radius 1 is 1.26 bits per heavy atom. The highest BCUT2D eigenvalue weighted by Crippen LogP contribution is 2.45. The molecule has 3 heteroatoms. The molecule has 98 valence electrons. The average molecular weight is 257 g/mol. The third-order valence-corrected chi connectivity index (χ3v) is 4.09. The average Bonchev–Trinajstić information content (AvgIpc) is 2.44. The standard InChI is InChI=1S/C16H16FNO/c1-11-6-8-16(19,13-5-3-2-4-12(11)13)14-7-9-18-10-15(14)17/h2-5,7,9-11,19H,6,8H2,1H3. The molecule has 2 atom stereocenters. The highest BCUT2D eigenvalue weighted by molar-refractivity contribution is 5.44. The fourth-order valence-electron chi connectivity index (χ4n) is 3.01. The number of fused-ring (bicyclic) bond motifs is 1. The van der Waals surface area contributed by atoms with Crippen molar-refractivity contribution < 1.29 is 9.50 Å². The van der Waals surface area contributed by atoms with Crippen molar-refractivity contribution in [3.8, 4) is 0 Å². The second kappa shape index (κ2) is 4.42. The van der Waals surface area contributed by atoms with Crippen molar-refractivity contribution in [3.05, 3.63) is 65.2 Å². The molecule has 0 bridgehead atoms. The molecule has 1 aromatic heterocycles. The Hall–Kier alpha value is -1.74. The number of rotatable bonds is 1. The molecular formula is C16H16FNO. The van der Waals surface area contributed by atoms with Gasteiger partial charge in [-0.15, -0.1) is 0 Å². The maximum Gasteiger partial charge on any atom is 0.147 e. The summed E-state index contributed by atoms with van der Waals surface area (Å²) in [6.07, 6.45) is 4.06. The summed E-state index contributed by atoms with van der Waals surface area (Å²) in [5.41, 5.74) is 1.00. The maximum absolute atomic E-state index is 14.0. The van der Waals surface area contributed by atoms with E-state index in [1.807, 2.05) is 24.3 Å². The molecular weight excluding hydrogens is 241 g/mol. The van der Waals surface area contributed by atoms with Crippen molar-refractivity contribution >= 4 is 0 Å². The van der Waals surface area contributed by atoms with Gasteiger partial charge in [-0.2, -0.15) is 0 Å². The Morgan fingerprint density at radius 3 is 2.84 bits per heavy atom. The second-order valence-electron chi connectivity index (χ2n) is 5.24. The lowest BCUT2D eigenvalue weighted by Gasteiger charge is -2.37. The molecule has 0 saturated heterocycles.